The summed E-state index contributed by atoms with van der Waals surface area (Å²) in [4.78, 5) is 10.7. The molecule has 0 aromatic carbocycles. The molecule has 0 saturated heterocycles. The van der Waals surface area contributed by atoms with Crippen LogP contribution in [0.25, 0.3) is 0 Å². The van der Waals surface area contributed by atoms with Crippen LogP contribution in [0.4, 0.5) is 0 Å². The van der Waals surface area contributed by atoms with Gasteiger partial charge in [0.2, 0.25) is 0 Å². The second-order valence-corrected chi connectivity index (χ2v) is 2.44. The third kappa shape index (κ3) is 2.87. The van der Waals surface area contributed by atoms with Gasteiger partial charge >= 0.3 is 0 Å². The second kappa shape index (κ2) is 4.34. The molecule has 0 atom stereocenters. The van der Waals surface area contributed by atoms with Crippen molar-refractivity contribution < 1.29 is 9.90 Å². The molecule has 0 saturated carbocycles. The van der Waals surface area contributed by atoms with Gasteiger partial charge in [-0.3, -0.25) is 4.79 Å². The molecule has 10 heavy (non-hydrogen) atoms. The quantitative estimate of drug-likeness (QED) is 0.392. The fourth-order valence-electron chi connectivity index (χ4n) is 0.706. The van der Waals surface area contributed by atoms with E-state index in [1.807, 2.05) is 0 Å². The number of Topliss-reactive ketones (excluding diaryl/α,β-unsaturated/α-hetero) is 1. The number of carbonyl (C=O) groups excluding carboxylic acids is 1. The van der Waals surface area contributed by atoms with E-state index in [0.29, 0.717) is 17.9 Å². The molecule has 58 valence electrons. The van der Waals surface area contributed by atoms with Gasteiger partial charge in [0.15, 0.2) is 5.78 Å². The number of halogens is 1. The van der Waals surface area contributed by atoms with E-state index < -0.39 is 0 Å². The third-order valence-electron chi connectivity index (χ3n) is 1.21. The summed E-state index contributed by atoms with van der Waals surface area (Å²) in [5.41, 5.74) is 0.426. The van der Waals surface area contributed by atoms with Gasteiger partial charge in [-0.05, 0) is 20.3 Å². The number of aliphatic hydroxyl groups excluding tert-OH is 1. The molecule has 1 N–H and O–H groups in total. The normalized spacial score (nSPS) is 12.7. The molecule has 0 aromatic rings. The van der Waals surface area contributed by atoms with Crippen molar-refractivity contribution in [3.63, 3.8) is 0 Å². The molecular formula is C7H11ClO2. The summed E-state index contributed by atoms with van der Waals surface area (Å²) in [7, 11) is 0. The van der Waals surface area contributed by atoms with Crippen LogP contribution in [0.3, 0.4) is 0 Å². The van der Waals surface area contributed by atoms with Gasteiger partial charge in [-0.1, -0.05) is 0 Å². The molecule has 0 aliphatic heterocycles. The van der Waals surface area contributed by atoms with Gasteiger partial charge in [0, 0.05) is 11.5 Å². The molecule has 0 aromatic heterocycles. The Morgan fingerprint density at radius 2 is 2.00 bits per heavy atom. The van der Waals surface area contributed by atoms with E-state index >= 15 is 0 Å². The Hall–Kier alpha value is -0.500. The average Bonchev–Trinajstić information content (AvgIpc) is 1.81. The van der Waals surface area contributed by atoms with Gasteiger partial charge in [0.1, 0.15) is 0 Å². The van der Waals surface area contributed by atoms with Crippen molar-refractivity contribution >= 4 is 17.4 Å². The minimum Gasteiger partial charge on any atom is -0.512 e. The van der Waals surface area contributed by atoms with E-state index in [0.717, 1.165) is 0 Å². The van der Waals surface area contributed by atoms with Gasteiger partial charge in [0.05, 0.1) is 5.76 Å². The predicted octanol–water partition coefficient (Wildman–Crippen LogP) is 2.04. The van der Waals surface area contributed by atoms with Crippen molar-refractivity contribution in [2.45, 2.75) is 20.3 Å². The molecule has 0 unspecified atom stereocenters. The van der Waals surface area contributed by atoms with Crippen LogP contribution in [-0.2, 0) is 4.79 Å². The summed E-state index contributed by atoms with van der Waals surface area (Å²) in [5, 5.41) is 8.91. The monoisotopic (exact) mass is 162 g/mol. The maximum atomic E-state index is 10.7. The first-order valence-corrected chi connectivity index (χ1v) is 3.58. The van der Waals surface area contributed by atoms with Crippen LogP contribution in [0, 0.1) is 0 Å². The van der Waals surface area contributed by atoms with Crippen molar-refractivity contribution in [2.24, 2.45) is 0 Å². The molecule has 0 fully saturated rings. The largest absolute Gasteiger partial charge is 0.512 e. The van der Waals surface area contributed by atoms with Gasteiger partial charge in [-0.15, -0.1) is 11.6 Å². The second-order valence-electron chi connectivity index (χ2n) is 2.06. The average molecular weight is 163 g/mol. The summed E-state index contributed by atoms with van der Waals surface area (Å²) in [6.07, 6.45) is 0.444. The summed E-state index contributed by atoms with van der Waals surface area (Å²) < 4.78 is 0. The van der Waals surface area contributed by atoms with E-state index in [1.165, 1.54) is 13.8 Å². The van der Waals surface area contributed by atoms with E-state index in [1.54, 1.807) is 0 Å². The molecule has 0 heterocycles. The number of rotatable bonds is 3. The molecule has 0 aliphatic carbocycles. The van der Waals surface area contributed by atoms with Crippen LogP contribution < -0.4 is 0 Å². The molecule has 0 rings (SSSR count). The number of aliphatic hydroxyl groups is 1. The molecule has 2 nitrogen and oxygen atoms in total. The molecular weight excluding hydrogens is 152 g/mol. The highest BCUT2D eigenvalue weighted by atomic mass is 35.5. The number of allylic oxidation sites excluding steroid dienone is 2. The molecule has 0 spiro atoms. The number of hydrogen-bond donors (Lipinski definition) is 1. The highest BCUT2D eigenvalue weighted by Gasteiger charge is 2.05. The third-order valence-corrected chi connectivity index (χ3v) is 1.40. The Morgan fingerprint density at radius 1 is 1.50 bits per heavy atom. The minimum absolute atomic E-state index is 0.0770. The molecule has 0 aliphatic rings. The van der Waals surface area contributed by atoms with Gasteiger partial charge in [-0.2, -0.15) is 0 Å². The lowest BCUT2D eigenvalue weighted by Gasteiger charge is -2.00. The van der Waals surface area contributed by atoms with Crippen molar-refractivity contribution in [1.82, 2.24) is 0 Å². The minimum atomic E-state index is -0.111. The molecule has 0 radical (unpaired) electrons. The van der Waals surface area contributed by atoms with Crippen molar-refractivity contribution in [3.8, 4) is 0 Å². The van der Waals surface area contributed by atoms with E-state index in [4.69, 9.17) is 16.7 Å². The lowest BCUT2D eigenvalue weighted by atomic mass is 10.1. The Kier molecular flexibility index (Phi) is 4.12. The summed E-state index contributed by atoms with van der Waals surface area (Å²) in [6.45, 7) is 2.91. The number of alkyl halides is 1. The molecule has 3 heteroatoms. The SMILES string of the molecule is CC(=O)C(CCCl)=C(C)O. The van der Waals surface area contributed by atoms with Gasteiger partial charge in [-0.25, -0.2) is 0 Å². The predicted molar refractivity (Wildman–Crippen MR) is 41.3 cm³/mol. The Balaban J connectivity index is 4.28. The van der Waals surface area contributed by atoms with Crippen molar-refractivity contribution in [3.05, 3.63) is 11.3 Å². The lowest BCUT2D eigenvalue weighted by molar-refractivity contribution is -0.113. The van der Waals surface area contributed by atoms with E-state index in [2.05, 4.69) is 0 Å². The van der Waals surface area contributed by atoms with Crippen molar-refractivity contribution in [1.29, 1.82) is 0 Å². The Bertz CT molecular complexity index is 157. The lowest BCUT2D eigenvalue weighted by Crippen LogP contribution is -2.00. The highest BCUT2D eigenvalue weighted by molar-refractivity contribution is 6.18. The zero-order valence-electron chi connectivity index (χ0n) is 6.15. The summed E-state index contributed by atoms with van der Waals surface area (Å²) in [5.74, 6) is 0.334. The summed E-state index contributed by atoms with van der Waals surface area (Å²) >= 11 is 5.39. The Morgan fingerprint density at radius 3 is 2.10 bits per heavy atom. The van der Waals surface area contributed by atoms with Crippen molar-refractivity contribution in [2.75, 3.05) is 5.88 Å². The first-order chi connectivity index (χ1) is 4.59. The van der Waals surface area contributed by atoms with Crippen LogP contribution in [-0.4, -0.2) is 16.8 Å². The maximum Gasteiger partial charge on any atom is 0.159 e. The topological polar surface area (TPSA) is 37.3 Å². The van der Waals surface area contributed by atoms with Gasteiger partial charge in [0.25, 0.3) is 0 Å². The van der Waals surface area contributed by atoms with Crippen LogP contribution in [0.15, 0.2) is 11.3 Å². The standard InChI is InChI=1S/C7H11ClO2/c1-5(9)7(3-4-8)6(2)10/h9H,3-4H2,1-2H3. The maximum absolute atomic E-state index is 10.7. The fourth-order valence-corrected chi connectivity index (χ4v) is 0.895. The number of ketones is 1. The van der Waals surface area contributed by atoms with Crippen LogP contribution in [0.2, 0.25) is 0 Å². The first-order valence-electron chi connectivity index (χ1n) is 3.05. The smallest absolute Gasteiger partial charge is 0.159 e. The zero-order chi connectivity index (χ0) is 8.15. The first kappa shape index (κ1) is 9.50. The van der Waals surface area contributed by atoms with Crippen LogP contribution in [0.5, 0.6) is 0 Å². The highest BCUT2D eigenvalue weighted by Crippen LogP contribution is 2.08. The van der Waals surface area contributed by atoms with Crippen LogP contribution in [0.1, 0.15) is 20.3 Å². The van der Waals surface area contributed by atoms with Crippen LogP contribution >= 0.6 is 11.6 Å². The number of hydrogen-bond acceptors (Lipinski definition) is 2. The zero-order valence-corrected chi connectivity index (χ0v) is 6.90. The Labute approximate surface area is 65.5 Å². The number of carbonyl (C=O) groups is 1. The molecule has 0 bridgehead atoms. The fraction of sp³-hybridized carbons (Fsp3) is 0.571. The van der Waals surface area contributed by atoms with Gasteiger partial charge < -0.3 is 5.11 Å². The summed E-state index contributed by atoms with van der Waals surface area (Å²) in [6, 6.07) is 0. The molecule has 0 amide bonds. The van der Waals surface area contributed by atoms with E-state index in [9.17, 15) is 4.79 Å². The van der Waals surface area contributed by atoms with E-state index in [-0.39, 0.29) is 11.5 Å².